The normalized spacial score (nSPS) is 19.4. The van der Waals surface area contributed by atoms with Gasteiger partial charge in [0, 0.05) is 12.2 Å². The van der Waals surface area contributed by atoms with Crippen LogP contribution >= 0.6 is 0 Å². The monoisotopic (exact) mass is 294 g/mol. The van der Waals surface area contributed by atoms with Gasteiger partial charge in [-0.1, -0.05) is 0 Å². The van der Waals surface area contributed by atoms with Crippen molar-refractivity contribution in [2.45, 2.75) is 19.4 Å². The number of carboxylic acids is 1. The van der Waals surface area contributed by atoms with Gasteiger partial charge in [0.25, 0.3) is 0 Å². The number of nitrogens with zero attached hydrogens (tertiary/aromatic N) is 1. The summed E-state index contributed by atoms with van der Waals surface area (Å²) in [6, 6.07) is 4.36. The number of carbonyl (C=O) groups is 3. The molecule has 0 bridgehead atoms. The van der Waals surface area contributed by atoms with E-state index in [1.165, 1.54) is 36.1 Å². The summed E-state index contributed by atoms with van der Waals surface area (Å²) < 4.78 is 12.9. The minimum absolute atomic E-state index is 0.300. The molecule has 0 aromatic heterocycles. The molecule has 1 heterocycles. The van der Waals surface area contributed by atoms with Crippen LogP contribution in [-0.2, 0) is 14.4 Å². The Labute approximate surface area is 120 Å². The molecule has 0 spiro atoms. The zero-order chi connectivity index (χ0) is 15.6. The maximum Gasteiger partial charge on any atom is 0.325 e. The Morgan fingerprint density at radius 2 is 2.00 bits per heavy atom. The fourth-order valence-corrected chi connectivity index (χ4v) is 2.18. The highest BCUT2D eigenvalue weighted by Crippen LogP contribution is 2.25. The summed E-state index contributed by atoms with van der Waals surface area (Å²) in [6.45, 7) is 1.67. The van der Waals surface area contributed by atoms with E-state index in [0.29, 0.717) is 18.7 Å². The van der Waals surface area contributed by atoms with Gasteiger partial charge in [0.15, 0.2) is 0 Å². The minimum Gasteiger partial charge on any atom is -0.480 e. The number of aliphatic carboxylic acids is 1. The van der Waals surface area contributed by atoms with E-state index in [-0.39, 0.29) is 0 Å². The summed E-state index contributed by atoms with van der Waals surface area (Å²) >= 11 is 0. The molecule has 0 saturated carbocycles. The zero-order valence-corrected chi connectivity index (χ0v) is 11.4. The lowest BCUT2D eigenvalue weighted by atomic mass is 10.1. The lowest BCUT2D eigenvalue weighted by Crippen LogP contribution is -2.44. The van der Waals surface area contributed by atoms with Crippen LogP contribution in [0.25, 0.3) is 0 Å². The molecule has 0 radical (unpaired) electrons. The van der Waals surface area contributed by atoms with Crippen LogP contribution < -0.4 is 10.2 Å². The van der Waals surface area contributed by atoms with E-state index in [9.17, 15) is 18.8 Å². The number of nitrogens with one attached hydrogen (secondary N) is 1. The number of hydrogen-bond donors (Lipinski definition) is 2. The molecule has 1 aromatic rings. The van der Waals surface area contributed by atoms with Gasteiger partial charge >= 0.3 is 5.97 Å². The summed E-state index contributed by atoms with van der Waals surface area (Å²) in [5.41, 5.74) is 0.517. The van der Waals surface area contributed by atoms with Crippen molar-refractivity contribution in [2.24, 2.45) is 5.92 Å². The van der Waals surface area contributed by atoms with E-state index in [1.807, 2.05) is 0 Å². The van der Waals surface area contributed by atoms with E-state index in [0.717, 1.165) is 0 Å². The highest BCUT2D eigenvalue weighted by molar-refractivity contribution is 6.10. The van der Waals surface area contributed by atoms with Gasteiger partial charge in [-0.05, 0) is 37.6 Å². The second-order valence-corrected chi connectivity index (χ2v) is 4.88. The molecule has 7 heteroatoms. The first-order valence-corrected chi connectivity index (χ1v) is 6.50. The summed E-state index contributed by atoms with van der Waals surface area (Å²) in [6.07, 6.45) is 0.300. The Morgan fingerprint density at radius 3 is 2.57 bits per heavy atom. The van der Waals surface area contributed by atoms with Gasteiger partial charge in [-0.25, -0.2) is 4.39 Å². The highest BCUT2D eigenvalue weighted by Gasteiger charge is 2.38. The maximum absolute atomic E-state index is 12.9. The van der Waals surface area contributed by atoms with E-state index in [2.05, 4.69) is 5.32 Å². The standard InChI is InChI=1S/C14H15FN2O4/c1-8(14(20)21)16-12(18)11-6-7-17(13(11)19)10-4-2-9(15)3-5-10/h2-5,8,11H,6-7H2,1H3,(H,16,18)(H,20,21). The van der Waals surface area contributed by atoms with Crippen molar-refractivity contribution < 1.29 is 23.9 Å². The number of halogens is 1. The Kier molecular flexibility index (Phi) is 4.21. The lowest BCUT2D eigenvalue weighted by molar-refractivity contribution is -0.143. The van der Waals surface area contributed by atoms with Crippen LogP contribution in [0.3, 0.4) is 0 Å². The van der Waals surface area contributed by atoms with Crippen molar-refractivity contribution in [3.05, 3.63) is 30.1 Å². The number of anilines is 1. The zero-order valence-electron chi connectivity index (χ0n) is 11.4. The first-order valence-electron chi connectivity index (χ1n) is 6.50. The molecule has 21 heavy (non-hydrogen) atoms. The summed E-state index contributed by atoms with van der Waals surface area (Å²) in [7, 11) is 0. The molecule has 2 amide bonds. The number of amides is 2. The van der Waals surface area contributed by atoms with Gasteiger partial charge in [-0.2, -0.15) is 0 Å². The van der Waals surface area contributed by atoms with Crippen LogP contribution in [0.2, 0.25) is 0 Å². The van der Waals surface area contributed by atoms with Gasteiger partial charge in [0.2, 0.25) is 11.8 Å². The molecule has 2 N–H and O–H groups in total. The van der Waals surface area contributed by atoms with Crippen molar-refractivity contribution in [1.82, 2.24) is 5.32 Å². The van der Waals surface area contributed by atoms with Gasteiger partial charge in [-0.3, -0.25) is 14.4 Å². The summed E-state index contributed by atoms with van der Waals surface area (Å²) in [5.74, 6) is -3.48. The maximum atomic E-state index is 12.9. The third kappa shape index (κ3) is 3.18. The first kappa shape index (κ1) is 15.0. The molecule has 0 aliphatic carbocycles. The average Bonchev–Trinajstić information content (AvgIpc) is 2.81. The van der Waals surface area contributed by atoms with Crippen LogP contribution in [0.5, 0.6) is 0 Å². The fraction of sp³-hybridized carbons (Fsp3) is 0.357. The molecule has 1 fully saturated rings. The fourth-order valence-electron chi connectivity index (χ4n) is 2.18. The second kappa shape index (κ2) is 5.90. The second-order valence-electron chi connectivity index (χ2n) is 4.88. The largest absolute Gasteiger partial charge is 0.480 e. The minimum atomic E-state index is -1.16. The molecular weight excluding hydrogens is 279 g/mol. The smallest absolute Gasteiger partial charge is 0.325 e. The van der Waals surface area contributed by atoms with Crippen molar-refractivity contribution >= 4 is 23.5 Å². The molecular formula is C14H15FN2O4. The van der Waals surface area contributed by atoms with Crippen LogP contribution in [0.15, 0.2) is 24.3 Å². The van der Waals surface area contributed by atoms with Crippen molar-refractivity contribution in [3.8, 4) is 0 Å². The predicted molar refractivity (Wildman–Crippen MR) is 72.1 cm³/mol. The number of carbonyl (C=O) groups excluding carboxylic acids is 2. The number of carboxylic acid groups (broad SMARTS) is 1. The van der Waals surface area contributed by atoms with Crippen molar-refractivity contribution in [3.63, 3.8) is 0 Å². The topological polar surface area (TPSA) is 86.7 Å². The molecule has 1 aromatic carbocycles. The molecule has 6 nitrogen and oxygen atoms in total. The van der Waals surface area contributed by atoms with E-state index >= 15 is 0 Å². The lowest BCUT2D eigenvalue weighted by Gasteiger charge is -2.17. The predicted octanol–water partition coefficient (Wildman–Crippen LogP) is 0.768. The van der Waals surface area contributed by atoms with E-state index < -0.39 is 35.6 Å². The number of rotatable bonds is 4. The molecule has 2 rings (SSSR count). The third-order valence-electron chi connectivity index (χ3n) is 3.39. The van der Waals surface area contributed by atoms with Crippen molar-refractivity contribution in [1.29, 1.82) is 0 Å². The molecule has 1 aliphatic rings. The Balaban J connectivity index is 2.06. The molecule has 112 valence electrons. The van der Waals surface area contributed by atoms with Crippen LogP contribution in [0, 0.1) is 11.7 Å². The Bertz CT molecular complexity index is 573. The average molecular weight is 294 g/mol. The summed E-state index contributed by atoms with van der Waals surface area (Å²) in [5, 5.41) is 11.0. The highest BCUT2D eigenvalue weighted by atomic mass is 19.1. The quantitative estimate of drug-likeness (QED) is 0.803. The van der Waals surface area contributed by atoms with E-state index in [4.69, 9.17) is 5.11 Å². The van der Waals surface area contributed by atoms with Gasteiger partial charge < -0.3 is 15.3 Å². The Hall–Kier alpha value is -2.44. The molecule has 1 aliphatic heterocycles. The first-order chi connectivity index (χ1) is 9.90. The molecule has 1 saturated heterocycles. The third-order valence-corrected chi connectivity index (χ3v) is 3.39. The SMILES string of the molecule is CC(NC(=O)C1CCN(c2ccc(F)cc2)C1=O)C(=O)O. The van der Waals surface area contributed by atoms with Crippen molar-refractivity contribution in [2.75, 3.05) is 11.4 Å². The van der Waals surface area contributed by atoms with Crippen LogP contribution in [0.1, 0.15) is 13.3 Å². The van der Waals surface area contributed by atoms with Crippen LogP contribution in [-0.4, -0.2) is 35.5 Å². The Morgan fingerprint density at radius 1 is 1.38 bits per heavy atom. The van der Waals surface area contributed by atoms with Gasteiger partial charge in [0.1, 0.15) is 17.8 Å². The number of benzene rings is 1. The van der Waals surface area contributed by atoms with E-state index in [1.54, 1.807) is 0 Å². The van der Waals surface area contributed by atoms with Gasteiger partial charge in [-0.15, -0.1) is 0 Å². The van der Waals surface area contributed by atoms with Crippen LogP contribution in [0.4, 0.5) is 10.1 Å². The van der Waals surface area contributed by atoms with Gasteiger partial charge in [0.05, 0.1) is 0 Å². The molecule has 2 atom stereocenters. The number of hydrogen-bond acceptors (Lipinski definition) is 3. The summed E-state index contributed by atoms with van der Waals surface area (Å²) in [4.78, 5) is 36.2. The molecule has 2 unspecified atom stereocenters.